The number of carbonyl (C=O) groups excluding carboxylic acids is 4. The lowest BCUT2D eigenvalue weighted by Gasteiger charge is -2.50. The van der Waals surface area contributed by atoms with E-state index < -0.39 is 54.1 Å². The summed E-state index contributed by atoms with van der Waals surface area (Å²) in [5.74, 6) is -2.70. The fraction of sp³-hybridized carbons (Fsp3) is 0.500. The number of esters is 4. The molecule has 5 atom stereocenters. The van der Waals surface area contributed by atoms with Crippen LogP contribution in [0.2, 0.25) is 0 Å². The molecule has 1 aromatic carbocycles. The zero-order chi connectivity index (χ0) is 25.3. The van der Waals surface area contributed by atoms with Crippen molar-refractivity contribution in [3.63, 3.8) is 0 Å². The summed E-state index contributed by atoms with van der Waals surface area (Å²) in [6.45, 7) is 8.12. The van der Waals surface area contributed by atoms with Crippen LogP contribution in [0.1, 0.15) is 39.7 Å². The van der Waals surface area contributed by atoms with Gasteiger partial charge in [-0.3, -0.25) is 19.2 Å². The number of ether oxygens (including phenoxy) is 6. The minimum atomic E-state index is -1.54. The van der Waals surface area contributed by atoms with Crippen LogP contribution in [0.15, 0.2) is 43.0 Å². The lowest BCUT2D eigenvalue weighted by Crippen LogP contribution is -2.69. The van der Waals surface area contributed by atoms with E-state index in [1.165, 1.54) is 26.8 Å². The first-order valence-corrected chi connectivity index (χ1v) is 10.7. The third-order valence-corrected chi connectivity index (χ3v) is 4.93. The second kappa shape index (κ2) is 12.3. The number of benzene rings is 1. The third kappa shape index (κ3) is 7.39. The lowest BCUT2D eigenvalue weighted by atomic mass is 9.84. The maximum absolute atomic E-state index is 12.1. The Bertz CT molecular complexity index is 883. The summed E-state index contributed by atoms with van der Waals surface area (Å²) in [5.41, 5.74) is -0.757. The fourth-order valence-electron chi connectivity index (χ4n) is 3.67. The van der Waals surface area contributed by atoms with Gasteiger partial charge in [0, 0.05) is 34.1 Å². The Morgan fingerprint density at radius 3 is 2.06 bits per heavy atom. The Hall–Kier alpha value is -3.24. The molecule has 2 rings (SSSR count). The van der Waals surface area contributed by atoms with Crippen LogP contribution in [0.5, 0.6) is 0 Å². The van der Waals surface area contributed by atoms with Gasteiger partial charge in [0.25, 0.3) is 0 Å². The van der Waals surface area contributed by atoms with Crippen molar-refractivity contribution in [2.45, 2.75) is 70.9 Å². The van der Waals surface area contributed by atoms with Gasteiger partial charge in [-0.15, -0.1) is 6.58 Å². The van der Waals surface area contributed by atoms with Gasteiger partial charge in [0.2, 0.25) is 6.29 Å². The highest BCUT2D eigenvalue weighted by Crippen LogP contribution is 2.39. The molecule has 0 aromatic heterocycles. The molecule has 1 saturated heterocycles. The van der Waals surface area contributed by atoms with Crippen molar-refractivity contribution in [3.05, 3.63) is 48.6 Å². The average molecular weight is 478 g/mol. The van der Waals surface area contributed by atoms with Gasteiger partial charge in [-0.05, 0) is 5.56 Å². The number of hydrogen-bond donors (Lipinski definition) is 0. The van der Waals surface area contributed by atoms with E-state index in [1.54, 1.807) is 0 Å². The van der Waals surface area contributed by atoms with Crippen LogP contribution in [0.4, 0.5) is 0 Å². The maximum Gasteiger partial charge on any atom is 0.305 e. The molecule has 10 heteroatoms. The van der Waals surface area contributed by atoms with Gasteiger partial charge in [0.05, 0.1) is 6.61 Å². The molecular formula is C24H30O10. The topological polar surface area (TPSA) is 124 Å². The summed E-state index contributed by atoms with van der Waals surface area (Å²) in [6.07, 6.45) is -3.60. The van der Waals surface area contributed by atoms with E-state index in [0.29, 0.717) is 0 Å². The van der Waals surface area contributed by atoms with Crippen LogP contribution in [-0.2, 0) is 54.2 Å². The van der Waals surface area contributed by atoms with Crippen molar-refractivity contribution in [2.24, 2.45) is 0 Å². The molecule has 1 fully saturated rings. The van der Waals surface area contributed by atoms with Crippen LogP contribution in [0.3, 0.4) is 0 Å². The van der Waals surface area contributed by atoms with Gasteiger partial charge in [0.15, 0.2) is 12.2 Å². The van der Waals surface area contributed by atoms with Gasteiger partial charge in [-0.2, -0.15) is 0 Å². The van der Waals surface area contributed by atoms with Gasteiger partial charge >= 0.3 is 23.9 Å². The molecule has 10 nitrogen and oxygen atoms in total. The Balaban J connectivity index is 2.58. The molecule has 0 spiro atoms. The normalized spacial score (nSPS) is 26.1. The zero-order valence-corrected chi connectivity index (χ0v) is 19.7. The highest BCUT2D eigenvalue weighted by atomic mass is 16.8. The Morgan fingerprint density at radius 2 is 1.53 bits per heavy atom. The predicted octanol–water partition coefficient (Wildman–Crippen LogP) is 2.23. The van der Waals surface area contributed by atoms with Gasteiger partial charge in [-0.25, -0.2) is 0 Å². The van der Waals surface area contributed by atoms with Crippen LogP contribution >= 0.6 is 0 Å². The quantitative estimate of drug-likeness (QED) is 0.281. The first-order valence-electron chi connectivity index (χ1n) is 10.7. The molecular weight excluding hydrogens is 448 g/mol. The zero-order valence-electron chi connectivity index (χ0n) is 19.7. The average Bonchev–Trinajstić information content (AvgIpc) is 2.75. The van der Waals surface area contributed by atoms with E-state index in [1.807, 2.05) is 30.3 Å². The Morgan fingerprint density at radius 1 is 0.912 bits per heavy atom. The predicted molar refractivity (Wildman–Crippen MR) is 117 cm³/mol. The molecule has 1 aromatic rings. The van der Waals surface area contributed by atoms with E-state index in [4.69, 9.17) is 28.4 Å². The standard InChI is InChI=1S/C24H30O10/c1-6-12-24(14-30-15(2)25)22(32-17(4)27)20(29-13-19-10-8-7-9-11-19)21(31-16(3)26)23(34-24)33-18(5)28/h6-11,20-23H,1,12-14H2,2-5H3/t20-,21-,22+,23-,24-/m1/s1. The van der Waals surface area contributed by atoms with Crippen LogP contribution in [0, 0.1) is 0 Å². The van der Waals surface area contributed by atoms with E-state index in [0.717, 1.165) is 12.5 Å². The fourth-order valence-corrected chi connectivity index (χ4v) is 3.67. The third-order valence-electron chi connectivity index (χ3n) is 4.93. The van der Waals surface area contributed by atoms with Crippen molar-refractivity contribution in [1.29, 1.82) is 0 Å². The number of hydrogen-bond acceptors (Lipinski definition) is 10. The van der Waals surface area contributed by atoms with Crippen molar-refractivity contribution >= 4 is 23.9 Å². The first kappa shape index (κ1) is 27.0. The summed E-state index contributed by atoms with van der Waals surface area (Å²) in [4.78, 5) is 47.5. The molecule has 0 unspecified atom stereocenters. The number of rotatable bonds is 10. The molecule has 0 radical (unpaired) electrons. The second-order valence-corrected chi connectivity index (χ2v) is 7.80. The van der Waals surface area contributed by atoms with Crippen LogP contribution in [-0.4, -0.2) is 60.7 Å². The molecule has 0 bridgehead atoms. The Kier molecular flexibility index (Phi) is 9.76. The van der Waals surface area contributed by atoms with Crippen molar-refractivity contribution in [3.8, 4) is 0 Å². The molecule has 1 aliphatic rings. The van der Waals surface area contributed by atoms with Crippen molar-refractivity contribution in [2.75, 3.05) is 6.61 Å². The summed E-state index contributed by atoms with van der Waals surface area (Å²) < 4.78 is 33.7. The molecule has 1 aliphatic heterocycles. The summed E-state index contributed by atoms with van der Waals surface area (Å²) in [7, 11) is 0. The van der Waals surface area contributed by atoms with Crippen molar-refractivity contribution in [1.82, 2.24) is 0 Å². The molecule has 1 heterocycles. The minimum absolute atomic E-state index is 0.0218. The lowest BCUT2D eigenvalue weighted by molar-refractivity contribution is -0.338. The van der Waals surface area contributed by atoms with Crippen molar-refractivity contribution < 1.29 is 47.6 Å². The van der Waals surface area contributed by atoms with Gasteiger partial charge in [-0.1, -0.05) is 36.4 Å². The second-order valence-electron chi connectivity index (χ2n) is 7.80. The first-order chi connectivity index (χ1) is 16.1. The highest BCUT2D eigenvalue weighted by molar-refractivity contribution is 5.68. The maximum atomic E-state index is 12.1. The smallest absolute Gasteiger partial charge is 0.305 e. The molecule has 186 valence electrons. The highest BCUT2D eigenvalue weighted by Gasteiger charge is 2.60. The SMILES string of the molecule is C=CC[C@]1(COC(C)=O)O[C@@H](OC(C)=O)[C@H](OC(C)=O)[C@@H](OCc2ccccc2)[C@@H]1OC(C)=O. The van der Waals surface area contributed by atoms with Gasteiger partial charge in [0.1, 0.15) is 18.3 Å². The molecule has 0 aliphatic carbocycles. The van der Waals surface area contributed by atoms with E-state index >= 15 is 0 Å². The molecule has 34 heavy (non-hydrogen) atoms. The monoisotopic (exact) mass is 478 g/mol. The van der Waals surface area contributed by atoms with E-state index in [-0.39, 0.29) is 19.6 Å². The van der Waals surface area contributed by atoms with E-state index in [2.05, 4.69) is 6.58 Å². The molecule has 0 saturated carbocycles. The van der Waals surface area contributed by atoms with Crippen LogP contribution in [0.25, 0.3) is 0 Å². The Labute approximate surface area is 198 Å². The van der Waals surface area contributed by atoms with Gasteiger partial charge < -0.3 is 28.4 Å². The summed E-state index contributed by atoms with van der Waals surface area (Å²) in [5, 5.41) is 0. The summed E-state index contributed by atoms with van der Waals surface area (Å²) in [6, 6.07) is 9.12. The van der Waals surface area contributed by atoms with Crippen LogP contribution < -0.4 is 0 Å². The minimum Gasteiger partial charge on any atom is -0.463 e. The van der Waals surface area contributed by atoms with E-state index in [9.17, 15) is 19.2 Å². The molecule has 0 amide bonds. The number of carbonyl (C=O) groups is 4. The largest absolute Gasteiger partial charge is 0.463 e. The summed E-state index contributed by atoms with van der Waals surface area (Å²) >= 11 is 0. The molecule has 0 N–H and O–H groups in total.